The zero-order valence-corrected chi connectivity index (χ0v) is 15.3. The zero-order chi connectivity index (χ0) is 16.7. The summed E-state index contributed by atoms with van der Waals surface area (Å²) in [6.07, 6.45) is 5.72. The lowest BCUT2D eigenvalue weighted by Gasteiger charge is -2.37. The molecule has 2 aliphatic heterocycles. The SMILES string of the molecule is Cl.Nc1cccc2c1CCCN2C(=O)C1CCCN(C(=O)C2CC2)C1. The molecule has 0 radical (unpaired) electrons. The van der Waals surface area contributed by atoms with Crippen molar-refractivity contribution in [2.45, 2.75) is 38.5 Å². The van der Waals surface area contributed by atoms with E-state index in [1.54, 1.807) is 0 Å². The second kappa shape index (κ2) is 7.24. The Hall–Kier alpha value is -1.75. The van der Waals surface area contributed by atoms with Crippen LogP contribution in [0.5, 0.6) is 0 Å². The molecule has 2 heterocycles. The van der Waals surface area contributed by atoms with E-state index < -0.39 is 0 Å². The van der Waals surface area contributed by atoms with Crippen molar-refractivity contribution in [1.29, 1.82) is 0 Å². The van der Waals surface area contributed by atoms with Gasteiger partial charge in [-0.2, -0.15) is 0 Å². The molecule has 1 unspecified atom stereocenters. The fourth-order valence-electron chi connectivity index (χ4n) is 4.07. The molecule has 1 aliphatic carbocycles. The van der Waals surface area contributed by atoms with Crippen molar-refractivity contribution in [3.8, 4) is 0 Å². The van der Waals surface area contributed by atoms with Gasteiger partial charge in [-0.25, -0.2) is 0 Å². The summed E-state index contributed by atoms with van der Waals surface area (Å²) in [7, 11) is 0. The van der Waals surface area contributed by atoms with Gasteiger partial charge in [-0.1, -0.05) is 6.07 Å². The fourth-order valence-corrected chi connectivity index (χ4v) is 4.07. The van der Waals surface area contributed by atoms with Crippen LogP contribution in [0.3, 0.4) is 0 Å². The van der Waals surface area contributed by atoms with Gasteiger partial charge in [-0.15, -0.1) is 12.4 Å². The molecule has 2 N–H and O–H groups in total. The van der Waals surface area contributed by atoms with Crippen LogP contribution >= 0.6 is 12.4 Å². The third-order valence-corrected chi connectivity index (χ3v) is 5.56. The number of carbonyl (C=O) groups is 2. The summed E-state index contributed by atoms with van der Waals surface area (Å²) in [5.41, 5.74) is 8.94. The van der Waals surface area contributed by atoms with Gasteiger partial charge >= 0.3 is 0 Å². The van der Waals surface area contributed by atoms with Crippen LogP contribution < -0.4 is 10.6 Å². The predicted molar refractivity (Wildman–Crippen MR) is 101 cm³/mol. The number of rotatable bonds is 2. The third-order valence-electron chi connectivity index (χ3n) is 5.56. The van der Waals surface area contributed by atoms with Crippen LogP contribution in [0, 0.1) is 11.8 Å². The van der Waals surface area contributed by atoms with Gasteiger partial charge in [0, 0.05) is 36.9 Å². The molecule has 3 aliphatic rings. The number of amides is 2. The molecule has 4 rings (SSSR count). The number of hydrogen-bond donors (Lipinski definition) is 1. The van der Waals surface area contributed by atoms with Gasteiger partial charge in [-0.3, -0.25) is 9.59 Å². The van der Waals surface area contributed by atoms with E-state index in [9.17, 15) is 9.59 Å². The van der Waals surface area contributed by atoms with E-state index in [1.165, 1.54) is 0 Å². The fraction of sp³-hybridized carbons (Fsp3) is 0.579. The van der Waals surface area contributed by atoms with Gasteiger partial charge in [0.1, 0.15) is 0 Å². The molecule has 6 heteroatoms. The van der Waals surface area contributed by atoms with E-state index in [1.807, 2.05) is 28.0 Å². The molecule has 0 spiro atoms. The first-order valence-electron chi connectivity index (χ1n) is 9.12. The number of nitrogen functional groups attached to an aromatic ring is 1. The zero-order valence-electron chi connectivity index (χ0n) is 14.4. The molecule has 136 valence electrons. The van der Waals surface area contributed by atoms with Gasteiger partial charge in [0.2, 0.25) is 11.8 Å². The summed E-state index contributed by atoms with van der Waals surface area (Å²) in [4.78, 5) is 29.3. The summed E-state index contributed by atoms with van der Waals surface area (Å²) in [5.74, 6) is 0.578. The van der Waals surface area contributed by atoms with E-state index in [0.29, 0.717) is 6.54 Å². The van der Waals surface area contributed by atoms with Gasteiger partial charge < -0.3 is 15.5 Å². The first-order chi connectivity index (χ1) is 11.6. The first kappa shape index (κ1) is 18.1. The molecular formula is C19H26ClN3O2. The number of benzene rings is 1. The van der Waals surface area contributed by atoms with Crippen molar-refractivity contribution in [3.63, 3.8) is 0 Å². The highest BCUT2D eigenvalue weighted by Crippen LogP contribution is 2.35. The first-order valence-corrected chi connectivity index (χ1v) is 9.12. The van der Waals surface area contributed by atoms with Crippen molar-refractivity contribution in [3.05, 3.63) is 23.8 Å². The molecule has 1 aromatic rings. The van der Waals surface area contributed by atoms with Crippen LogP contribution in [-0.4, -0.2) is 36.3 Å². The molecule has 1 saturated carbocycles. The highest BCUT2D eigenvalue weighted by Gasteiger charge is 2.38. The average molecular weight is 364 g/mol. The topological polar surface area (TPSA) is 66.6 Å². The molecule has 2 fully saturated rings. The lowest BCUT2D eigenvalue weighted by Crippen LogP contribution is -2.48. The van der Waals surface area contributed by atoms with Gasteiger partial charge in [0.15, 0.2) is 0 Å². The van der Waals surface area contributed by atoms with E-state index >= 15 is 0 Å². The third kappa shape index (κ3) is 3.47. The molecule has 1 aromatic carbocycles. The number of hydrogen-bond acceptors (Lipinski definition) is 3. The van der Waals surface area contributed by atoms with E-state index in [-0.39, 0.29) is 36.1 Å². The Balaban J connectivity index is 0.00000182. The molecule has 25 heavy (non-hydrogen) atoms. The Bertz CT molecular complexity index is 675. The number of likely N-dealkylation sites (tertiary alicyclic amines) is 1. The van der Waals surface area contributed by atoms with Crippen LogP contribution in [0.1, 0.15) is 37.7 Å². The molecule has 0 aromatic heterocycles. The number of nitrogens with zero attached hydrogens (tertiary/aromatic N) is 2. The Kier molecular flexibility index (Phi) is 5.23. The Morgan fingerprint density at radius 2 is 1.80 bits per heavy atom. The lowest BCUT2D eigenvalue weighted by molar-refractivity contribution is -0.136. The number of carbonyl (C=O) groups excluding carboxylic acids is 2. The number of fused-ring (bicyclic) bond motifs is 1. The number of halogens is 1. The van der Waals surface area contributed by atoms with Crippen molar-refractivity contribution >= 4 is 35.6 Å². The predicted octanol–water partition coefficient (Wildman–Crippen LogP) is 2.62. The summed E-state index contributed by atoms with van der Waals surface area (Å²) < 4.78 is 0. The van der Waals surface area contributed by atoms with Crippen molar-refractivity contribution in [1.82, 2.24) is 4.90 Å². The van der Waals surface area contributed by atoms with Crippen LogP contribution in [0.15, 0.2) is 18.2 Å². The van der Waals surface area contributed by atoms with E-state index in [0.717, 1.165) is 68.6 Å². The maximum absolute atomic E-state index is 13.1. The molecule has 1 atom stereocenters. The molecule has 2 amide bonds. The normalized spacial score (nSPS) is 22.8. The second-order valence-electron chi connectivity index (χ2n) is 7.34. The summed E-state index contributed by atoms with van der Waals surface area (Å²) in [6, 6.07) is 5.83. The Labute approximate surface area is 154 Å². The highest BCUT2D eigenvalue weighted by atomic mass is 35.5. The Morgan fingerprint density at radius 3 is 2.56 bits per heavy atom. The maximum atomic E-state index is 13.1. The average Bonchev–Trinajstić information content (AvgIpc) is 3.46. The smallest absolute Gasteiger partial charge is 0.231 e. The minimum atomic E-state index is -0.0752. The van der Waals surface area contributed by atoms with Gasteiger partial charge in [-0.05, 0) is 56.2 Å². The second-order valence-corrected chi connectivity index (χ2v) is 7.34. The molecular weight excluding hydrogens is 338 g/mol. The summed E-state index contributed by atoms with van der Waals surface area (Å²) in [6.45, 7) is 2.15. The van der Waals surface area contributed by atoms with Crippen LogP contribution in [0.25, 0.3) is 0 Å². The van der Waals surface area contributed by atoms with Crippen LogP contribution in [0.2, 0.25) is 0 Å². The molecule has 1 saturated heterocycles. The summed E-state index contributed by atoms with van der Waals surface area (Å²) in [5, 5.41) is 0. The standard InChI is InChI=1S/C19H25N3O2.ClH/c20-16-6-1-7-17-15(16)5-3-11-22(17)19(24)14-4-2-10-21(12-14)18(23)13-8-9-13;/h1,6-7,13-14H,2-5,8-12,20H2;1H. The number of anilines is 2. The van der Waals surface area contributed by atoms with Crippen molar-refractivity contribution < 1.29 is 9.59 Å². The number of piperidine rings is 1. The van der Waals surface area contributed by atoms with Crippen LogP contribution in [0.4, 0.5) is 11.4 Å². The highest BCUT2D eigenvalue weighted by molar-refractivity contribution is 5.97. The van der Waals surface area contributed by atoms with Crippen LogP contribution in [-0.2, 0) is 16.0 Å². The maximum Gasteiger partial charge on any atom is 0.231 e. The molecule has 5 nitrogen and oxygen atoms in total. The van der Waals surface area contributed by atoms with Gasteiger partial charge in [0.25, 0.3) is 0 Å². The monoisotopic (exact) mass is 363 g/mol. The van der Waals surface area contributed by atoms with Crippen molar-refractivity contribution in [2.75, 3.05) is 30.3 Å². The van der Waals surface area contributed by atoms with E-state index in [2.05, 4.69) is 0 Å². The lowest BCUT2D eigenvalue weighted by atomic mass is 9.93. The quantitative estimate of drug-likeness (QED) is 0.821. The minimum Gasteiger partial charge on any atom is -0.398 e. The largest absolute Gasteiger partial charge is 0.398 e. The minimum absolute atomic E-state index is 0. The van der Waals surface area contributed by atoms with Gasteiger partial charge in [0.05, 0.1) is 5.92 Å². The number of nitrogens with two attached hydrogens (primary N) is 1. The Morgan fingerprint density at radius 1 is 1.00 bits per heavy atom. The molecule has 0 bridgehead atoms. The van der Waals surface area contributed by atoms with E-state index in [4.69, 9.17) is 5.73 Å². The summed E-state index contributed by atoms with van der Waals surface area (Å²) >= 11 is 0. The van der Waals surface area contributed by atoms with Crippen molar-refractivity contribution in [2.24, 2.45) is 11.8 Å².